The van der Waals surface area contributed by atoms with Crippen LogP contribution in [0.15, 0.2) is 42.5 Å². The highest BCUT2D eigenvalue weighted by atomic mass is 35.5. The van der Waals surface area contributed by atoms with E-state index < -0.39 is 0 Å². The van der Waals surface area contributed by atoms with Gasteiger partial charge in [-0.2, -0.15) is 0 Å². The Morgan fingerprint density at radius 1 is 1.00 bits per heavy atom. The van der Waals surface area contributed by atoms with Gasteiger partial charge in [-0.1, -0.05) is 30.3 Å². The summed E-state index contributed by atoms with van der Waals surface area (Å²) in [6.45, 7) is 6.09. The van der Waals surface area contributed by atoms with Crippen molar-refractivity contribution in [3.05, 3.63) is 64.7 Å². The Balaban J connectivity index is 0.00000256. The number of anilines is 1. The lowest BCUT2D eigenvalue weighted by molar-refractivity contribution is -0.136. The molecule has 0 aliphatic carbocycles. The zero-order valence-corrected chi connectivity index (χ0v) is 18.4. The summed E-state index contributed by atoms with van der Waals surface area (Å²) in [6, 6.07) is 14.2. The minimum Gasteiger partial charge on any atom is -0.341 e. The Kier molecular flexibility index (Phi) is 7.16. The van der Waals surface area contributed by atoms with Crippen molar-refractivity contribution < 1.29 is 9.59 Å². The molecule has 2 aromatic rings. The van der Waals surface area contributed by atoms with Gasteiger partial charge in [-0.15, -0.1) is 12.4 Å². The van der Waals surface area contributed by atoms with Crippen LogP contribution in [0, 0.1) is 19.8 Å². The van der Waals surface area contributed by atoms with E-state index >= 15 is 0 Å². The van der Waals surface area contributed by atoms with E-state index in [1.54, 1.807) is 0 Å². The Labute approximate surface area is 184 Å². The highest BCUT2D eigenvalue weighted by Crippen LogP contribution is 2.23. The van der Waals surface area contributed by atoms with Crippen LogP contribution in [0.25, 0.3) is 0 Å². The zero-order chi connectivity index (χ0) is 20.4. The van der Waals surface area contributed by atoms with Crippen molar-refractivity contribution in [2.45, 2.75) is 45.7 Å². The average Bonchev–Trinajstić information content (AvgIpc) is 2.72. The van der Waals surface area contributed by atoms with Crippen LogP contribution in [0.3, 0.4) is 0 Å². The lowest BCUT2D eigenvalue weighted by Gasteiger charge is -2.35. The topological polar surface area (TPSA) is 61.4 Å². The van der Waals surface area contributed by atoms with Crippen LogP contribution in [0.4, 0.5) is 5.69 Å². The van der Waals surface area contributed by atoms with Gasteiger partial charge in [0.2, 0.25) is 11.8 Å². The molecule has 2 aliphatic rings. The molecule has 0 bridgehead atoms. The third-order valence-corrected chi connectivity index (χ3v) is 6.05. The second-order valence-electron chi connectivity index (χ2n) is 8.37. The van der Waals surface area contributed by atoms with Gasteiger partial charge in [-0.05, 0) is 67.5 Å². The molecule has 1 atom stereocenters. The van der Waals surface area contributed by atoms with Crippen molar-refractivity contribution in [3.63, 3.8) is 0 Å². The number of likely N-dealkylation sites (tertiary alicyclic amines) is 1. The fourth-order valence-electron chi connectivity index (χ4n) is 4.50. The maximum Gasteiger partial charge on any atom is 0.240 e. The largest absolute Gasteiger partial charge is 0.341 e. The number of nitrogens with zero attached hydrogens (tertiary/aromatic N) is 1. The van der Waals surface area contributed by atoms with E-state index in [2.05, 4.69) is 28.8 Å². The number of piperidine rings is 1. The smallest absolute Gasteiger partial charge is 0.240 e. The first-order valence-corrected chi connectivity index (χ1v) is 10.5. The fourth-order valence-corrected chi connectivity index (χ4v) is 4.50. The quantitative estimate of drug-likeness (QED) is 0.786. The van der Waals surface area contributed by atoms with Crippen LogP contribution < -0.4 is 10.6 Å². The molecule has 2 heterocycles. The predicted molar refractivity (Wildman–Crippen MR) is 122 cm³/mol. The second kappa shape index (κ2) is 9.63. The molecule has 6 heteroatoms. The van der Waals surface area contributed by atoms with Crippen molar-refractivity contribution in [3.8, 4) is 0 Å². The molecule has 5 nitrogen and oxygen atoms in total. The molecular formula is C24H30ClN3O2. The van der Waals surface area contributed by atoms with Crippen LogP contribution in [0.5, 0.6) is 0 Å². The number of fused-ring (bicyclic) bond motifs is 1. The molecule has 2 aromatic carbocycles. The molecule has 2 amide bonds. The van der Waals surface area contributed by atoms with Gasteiger partial charge in [0.1, 0.15) is 0 Å². The van der Waals surface area contributed by atoms with E-state index in [1.807, 2.05) is 43.0 Å². The zero-order valence-electron chi connectivity index (χ0n) is 17.6. The van der Waals surface area contributed by atoms with Gasteiger partial charge in [0, 0.05) is 31.2 Å². The molecule has 160 valence electrons. The van der Waals surface area contributed by atoms with E-state index in [9.17, 15) is 9.59 Å². The summed E-state index contributed by atoms with van der Waals surface area (Å²) in [4.78, 5) is 27.6. The van der Waals surface area contributed by atoms with Crippen molar-refractivity contribution >= 4 is 29.9 Å². The van der Waals surface area contributed by atoms with Gasteiger partial charge in [0.15, 0.2) is 0 Å². The minimum atomic E-state index is -0.162. The Hall–Kier alpha value is -2.37. The molecule has 1 fully saturated rings. The first kappa shape index (κ1) is 22.3. The third-order valence-electron chi connectivity index (χ3n) is 6.05. The molecule has 0 saturated carbocycles. The van der Waals surface area contributed by atoms with Crippen LogP contribution in [0.2, 0.25) is 0 Å². The van der Waals surface area contributed by atoms with Gasteiger partial charge in [0.05, 0.1) is 6.04 Å². The number of aryl methyl sites for hydroxylation is 2. The summed E-state index contributed by atoms with van der Waals surface area (Å²) in [7, 11) is 0. The predicted octanol–water partition coefficient (Wildman–Crippen LogP) is 3.62. The first-order chi connectivity index (χ1) is 14.0. The Bertz CT molecular complexity index is 902. The van der Waals surface area contributed by atoms with Gasteiger partial charge in [0.25, 0.3) is 0 Å². The molecule has 2 aliphatic heterocycles. The lowest BCUT2D eigenvalue weighted by atomic mass is 9.92. The van der Waals surface area contributed by atoms with Crippen molar-refractivity contribution in [2.24, 2.45) is 5.92 Å². The summed E-state index contributed by atoms with van der Waals surface area (Å²) < 4.78 is 0. The van der Waals surface area contributed by atoms with Gasteiger partial charge in [-0.3, -0.25) is 9.59 Å². The van der Waals surface area contributed by atoms with Crippen LogP contribution in [0.1, 0.15) is 35.1 Å². The lowest BCUT2D eigenvalue weighted by Crippen LogP contribution is -2.52. The summed E-state index contributed by atoms with van der Waals surface area (Å²) in [5.41, 5.74) is 5.67. The molecule has 1 saturated heterocycles. The number of carbonyl (C=O) groups excluding carboxylic acids is 2. The normalized spacial score (nSPS) is 18.9. The molecule has 1 unspecified atom stereocenters. The molecule has 0 spiro atoms. The molecular weight excluding hydrogens is 398 g/mol. The second-order valence-corrected chi connectivity index (χ2v) is 8.37. The van der Waals surface area contributed by atoms with E-state index in [0.29, 0.717) is 25.9 Å². The van der Waals surface area contributed by atoms with E-state index in [1.165, 1.54) is 11.1 Å². The Morgan fingerprint density at radius 3 is 2.30 bits per heavy atom. The number of rotatable bonds is 3. The van der Waals surface area contributed by atoms with E-state index in [4.69, 9.17) is 0 Å². The summed E-state index contributed by atoms with van der Waals surface area (Å²) in [6.07, 6.45) is 2.17. The average molecular weight is 428 g/mol. The molecule has 4 rings (SSSR count). The van der Waals surface area contributed by atoms with Crippen molar-refractivity contribution in [2.75, 3.05) is 18.4 Å². The molecule has 0 radical (unpaired) electrons. The third kappa shape index (κ3) is 5.02. The number of amides is 2. The van der Waals surface area contributed by atoms with Gasteiger partial charge in [-0.25, -0.2) is 0 Å². The number of hydrogen-bond acceptors (Lipinski definition) is 3. The SMILES string of the molecule is Cc1cc(C)cc(NC(=O)C2CCN(C(=O)C3Cc4ccccc4CN3)CC2)c1.Cl. The Morgan fingerprint density at radius 2 is 1.63 bits per heavy atom. The van der Waals surface area contributed by atoms with Crippen LogP contribution >= 0.6 is 12.4 Å². The number of hydrogen-bond donors (Lipinski definition) is 2. The number of halogens is 1. The number of nitrogens with one attached hydrogen (secondary N) is 2. The summed E-state index contributed by atoms with van der Waals surface area (Å²) in [5.74, 6) is 0.180. The monoisotopic (exact) mass is 427 g/mol. The molecule has 2 N–H and O–H groups in total. The first-order valence-electron chi connectivity index (χ1n) is 10.5. The number of carbonyl (C=O) groups is 2. The minimum absolute atomic E-state index is 0. The highest BCUT2D eigenvalue weighted by Gasteiger charge is 2.32. The van der Waals surface area contributed by atoms with Crippen molar-refractivity contribution in [1.29, 1.82) is 0 Å². The summed E-state index contributed by atoms with van der Waals surface area (Å²) in [5, 5.41) is 6.44. The summed E-state index contributed by atoms with van der Waals surface area (Å²) >= 11 is 0. The number of benzene rings is 2. The van der Waals surface area contributed by atoms with Crippen LogP contribution in [-0.4, -0.2) is 35.8 Å². The van der Waals surface area contributed by atoms with Gasteiger partial charge < -0.3 is 15.5 Å². The highest BCUT2D eigenvalue weighted by molar-refractivity contribution is 5.93. The molecule has 30 heavy (non-hydrogen) atoms. The maximum atomic E-state index is 13.0. The molecule has 0 aromatic heterocycles. The van der Waals surface area contributed by atoms with Crippen molar-refractivity contribution in [1.82, 2.24) is 10.2 Å². The maximum absolute atomic E-state index is 13.0. The fraction of sp³-hybridized carbons (Fsp3) is 0.417. The van der Waals surface area contributed by atoms with E-state index in [0.717, 1.165) is 29.8 Å². The van der Waals surface area contributed by atoms with Crippen LogP contribution in [-0.2, 0) is 22.6 Å². The van der Waals surface area contributed by atoms with E-state index in [-0.39, 0.29) is 36.2 Å². The standard InChI is InChI=1S/C24H29N3O2.ClH/c1-16-11-17(2)13-21(12-16)26-23(28)18-7-9-27(10-8-18)24(29)22-14-19-5-3-4-6-20(19)15-25-22;/h3-6,11-13,18,22,25H,7-10,14-15H2,1-2H3,(H,26,28);1H. The van der Waals surface area contributed by atoms with Gasteiger partial charge >= 0.3 is 0 Å².